The van der Waals surface area contributed by atoms with Crippen LogP contribution in [0.3, 0.4) is 0 Å². The molecule has 3 aromatic rings. The largest absolute Gasteiger partial charge is 0.322 e. The fraction of sp³-hybridized carbons (Fsp3) is 0.200. The minimum atomic E-state index is -0.0914. The van der Waals surface area contributed by atoms with Gasteiger partial charge < -0.3 is 9.62 Å². The van der Waals surface area contributed by atoms with E-state index in [1.165, 1.54) is 24.3 Å². The molecule has 2 heterocycles. The summed E-state index contributed by atoms with van der Waals surface area (Å²) < 4.78 is 2.31. The lowest BCUT2D eigenvalue weighted by atomic mass is 10.1. The van der Waals surface area contributed by atoms with Crippen molar-refractivity contribution < 1.29 is 4.79 Å². The molecule has 1 fully saturated rings. The number of hydrogen-bond acceptors (Lipinski definition) is 4. The van der Waals surface area contributed by atoms with Crippen molar-refractivity contribution in [3.05, 3.63) is 66.5 Å². The first-order valence-electron chi connectivity index (χ1n) is 8.45. The zero-order valence-electron chi connectivity index (χ0n) is 13.8. The number of fused-ring (bicyclic) bond motifs is 1. The van der Waals surface area contributed by atoms with Crippen LogP contribution in [0.2, 0.25) is 0 Å². The van der Waals surface area contributed by atoms with Gasteiger partial charge in [-0.25, -0.2) is 0 Å². The van der Waals surface area contributed by atoms with Crippen LogP contribution in [0.1, 0.15) is 23.2 Å². The molecule has 0 radical (unpaired) electrons. The van der Waals surface area contributed by atoms with Gasteiger partial charge in [-0.3, -0.25) is 9.78 Å². The molecule has 0 spiro atoms. The molecule has 0 bridgehead atoms. The van der Waals surface area contributed by atoms with Crippen LogP contribution in [0.4, 0.5) is 11.4 Å². The highest BCUT2D eigenvalue weighted by Gasteiger charge is 2.13. The third kappa shape index (κ3) is 3.61. The first kappa shape index (κ1) is 16.0. The molecule has 1 N–H and O–H groups in total. The number of benzene rings is 2. The van der Waals surface area contributed by atoms with Crippen LogP contribution >= 0.6 is 11.9 Å². The van der Waals surface area contributed by atoms with Gasteiger partial charge in [-0.2, -0.15) is 0 Å². The van der Waals surface area contributed by atoms with E-state index in [1.54, 1.807) is 6.20 Å². The molecule has 0 atom stereocenters. The zero-order valence-corrected chi connectivity index (χ0v) is 14.6. The smallest absolute Gasteiger partial charge is 0.255 e. The van der Waals surface area contributed by atoms with Crippen molar-refractivity contribution in [1.82, 2.24) is 4.98 Å². The van der Waals surface area contributed by atoms with Gasteiger partial charge in [-0.05, 0) is 72.6 Å². The first-order chi connectivity index (χ1) is 12.3. The van der Waals surface area contributed by atoms with E-state index >= 15 is 0 Å². The summed E-state index contributed by atoms with van der Waals surface area (Å²) in [5.41, 5.74) is 2.62. The lowest BCUT2D eigenvalue weighted by Crippen LogP contribution is -2.21. The number of nitrogens with one attached hydrogen (secondary N) is 1. The second-order valence-corrected chi connectivity index (χ2v) is 7.19. The molecule has 0 unspecified atom stereocenters. The van der Waals surface area contributed by atoms with Crippen LogP contribution in [0, 0.1) is 0 Å². The Morgan fingerprint density at radius 3 is 2.72 bits per heavy atom. The van der Waals surface area contributed by atoms with Gasteiger partial charge in [0.15, 0.2) is 0 Å². The minimum Gasteiger partial charge on any atom is -0.322 e. The highest BCUT2D eigenvalue weighted by atomic mass is 32.2. The second kappa shape index (κ2) is 7.15. The molecule has 1 aliphatic heterocycles. The van der Waals surface area contributed by atoms with Crippen molar-refractivity contribution in [3.8, 4) is 0 Å². The Kier molecular flexibility index (Phi) is 4.57. The Morgan fingerprint density at radius 1 is 1.04 bits per heavy atom. The van der Waals surface area contributed by atoms with Crippen molar-refractivity contribution >= 4 is 40.0 Å². The number of carbonyl (C=O) groups excluding carboxylic acids is 1. The van der Waals surface area contributed by atoms with E-state index < -0.39 is 0 Å². The zero-order chi connectivity index (χ0) is 17.1. The number of carbonyl (C=O) groups is 1. The van der Waals surface area contributed by atoms with Gasteiger partial charge in [0.25, 0.3) is 5.91 Å². The molecular formula is C20H19N3OS. The highest BCUT2D eigenvalue weighted by molar-refractivity contribution is 8.00. The van der Waals surface area contributed by atoms with E-state index in [1.807, 2.05) is 66.7 Å². The van der Waals surface area contributed by atoms with Gasteiger partial charge in [0.05, 0.1) is 0 Å². The summed E-state index contributed by atoms with van der Waals surface area (Å²) in [4.78, 5) is 16.6. The molecule has 4 rings (SSSR count). The summed E-state index contributed by atoms with van der Waals surface area (Å²) in [6.45, 7) is 1.07. The lowest BCUT2D eigenvalue weighted by Gasteiger charge is -2.27. The Labute approximate surface area is 151 Å². The van der Waals surface area contributed by atoms with Crippen molar-refractivity contribution in [2.24, 2.45) is 0 Å². The van der Waals surface area contributed by atoms with Crippen LogP contribution in [0.15, 0.2) is 60.9 Å². The monoisotopic (exact) mass is 349 g/mol. The Hall–Kier alpha value is -2.53. The van der Waals surface area contributed by atoms with E-state index in [2.05, 4.69) is 14.6 Å². The predicted octanol–water partition coefficient (Wildman–Crippen LogP) is 4.74. The average Bonchev–Trinajstić information content (AvgIpc) is 2.69. The number of pyridine rings is 1. The van der Waals surface area contributed by atoms with E-state index in [-0.39, 0.29) is 5.91 Å². The molecule has 1 saturated heterocycles. The summed E-state index contributed by atoms with van der Waals surface area (Å²) in [5, 5.41) is 5.09. The van der Waals surface area contributed by atoms with Gasteiger partial charge in [0.2, 0.25) is 0 Å². The molecule has 0 aliphatic carbocycles. The van der Waals surface area contributed by atoms with Crippen molar-refractivity contribution in [2.75, 3.05) is 21.9 Å². The molecule has 1 aromatic heterocycles. The van der Waals surface area contributed by atoms with E-state index in [0.717, 1.165) is 23.0 Å². The van der Waals surface area contributed by atoms with Crippen LogP contribution < -0.4 is 9.62 Å². The number of aromatic nitrogens is 1. The summed E-state index contributed by atoms with van der Waals surface area (Å²) in [6, 6.07) is 15.6. The van der Waals surface area contributed by atoms with Gasteiger partial charge >= 0.3 is 0 Å². The van der Waals surface area contributed by atoms with Crippen LogP contribution in [-0.4, -0.2) is 23.2 Å². The molecule has 1 amide bonds. The molecule has 1 aliphatic rings. The fourth-order valence-electron chi connectivity index (χ4n) is 2.94. The molecular weight excluding hydrogens is 330 g/mol. The predicted molar refractivity (Wildman–Crippen MR) is 105 cm³/mol. The lowest BCUT2D eigenvalue weighted by molar-refractivity contribution is 0.102. The maximum atomic E-state index is 12.5. The molecule has 0 saturated carbocycles. The van der Waals surface area contributed by atoms with Crippen LogP contribution in [0.5, 0.6) is 0 Å². The van der Waals surface area contributed by atoms with Gasteiger partial charge in [-0.1, -0.05) is 6.07 Å². The number of amides is 1. The number of hydrogen-bond donors (Lipinski definition) is 1. The van der Waals surface area contributed by atoms with Crippen LogP contribution in [-0.2, 0) is 0 Å². The Bertz CT molecular complexity index is 889. The number of nitrogens with zero attached hydrogens (tertiary/aromatic N) is 2. The summed E-state index contributed by atoms with van der Waals surface area (Å²) >= 11 is 1.86. The summed E-state index contributed by atoms with van der Waals surface area (Å²) in [6.07, 6.45) is 6.08. The molecule has 4 nitrogen and oxygen atoms in total. The van der Waals surface area contributed by atoms with Gasteiger partial charge in [0.1, 0.15) is 0 Å². The second-order valence-electron chi connectivity index (χ2n) is 6.08. The third-order valence-corrected chi connectivity index (χ3v) is 5.49. The SMILES string of the molecule is O=C(Nc1ccc2cnccc2c1)c1ccc(N2CCCCS2)cc1. The van der Waals surface area contributed by atoms with Crippen molar-refractivity contribution in [2.45, 2.75) is 12.8 Å². The Morgan fingerprint density at radius 2 is 1.92 bits per heavy atom. The Balaban J connectivity index is 1.48. The normalized spacial score (nSPS) is 14.5. The molecule has 25 heavy (non-hydrogen) atoms. The molecule has 5 heteroatoms. The topological polar surface area (TPSA) is 45.2 Å². The van der Waals surface area contributed by atoms with Gasteiger partial charge in [-0.15, -0.1) is 0 Å². The third-order valence-electron chi connectivity index (χ3n) is 4.32. The van der Waals surface area contributed by atoms with E-state index in [4.69, 9.17) is 0 Å². The standard InChI is InChI=1S/C20H19N3OS/c24-20(22-18-6-3-17-14-21-10-9-16(17)13-18)15-4-7-19(8-5-15)23-11-1-2-12-25-23/h3-10,13-14H,1-2,11-12H2,(H,22,24). The number of rotatable bonds is 3. The highest BCUT2D eigenvalue weighted by Crippen LogP contribution is 2.28. The van der Waals surface area contributed by atoms with Crippen LogP contribution in [0.25, 0.3) is 10.8 Å². The van der Waals surface area contributed by atoms with E-state index in [9.17, 15) is 4.79 Å². The molecule has 126 valence electrons. The van der Waals surface area contributed by atoms with Crippen molar-refractivity contribution in [3.63, 3.8) is 0 Å². The summed E-state index contributed by atoms with van der Waals surface area (Å²) in [5.74, 6) is 1.07. The maximum absolute atomic E-state index is 12.5. The average molecular weight is 349 g/mol. The minimum absolute atomic E-state index is 0.0914. The van der Waals surface area contributed by atoms with Crippen molar-refractivity contribution in [1.29, 1.82) is 0 Å². The first-order valence-corrected chi connectivity index (χ1v) is 9.39. The quantitative estimate of drug-likeness (QED) is 0.694. The maximum Gasteiger partial charge on any atom is 0.255 e. The number of anilines is 2. The fourth-order valence-corrected chi connectivity index (χ4v) is 4.03. The van der Waals surface area contributed by atoms with E-state index in [0.29, 0.717) is 5.56 Å². The van der Waals surface area contributed by atoms with Gasteiger partial charge in [0, 0.05) is 47.0 Å². The molecule has 2 aromatic carbocycles. The summed E-state index contributed by atoms with van der Waals surface area (Å²) in [7, 11) is 0.